The van der Waals surface area contributed by atoms with Crippen LogP contribution in [0.4, 0.5) is 11.6 Å². The van der Waals surface area contributed by atoms with Gasteiger partial charge in [0.2, 0.25) is 5.75 Å². The molecule has 1 aromatic rings. The lowest BCUT2D eigenvalue weighted by atomic mass is 9.98. The number of ether oxygens (including phenoxy) is 1. The quantitative estimate of drug-likeness (QED) is 0.823. The van der Waals surface area contributed by atoms with Gasteiger partial charge in [0.25, 0.3) is 0 Å². The van der Waals surface area contributed by atoms with Gasteiger partial charge in [0.1, 0.15) is 6.33 Å². The number of hydrogen-bond acceptors (Lipinski definition) is 6. The number of nitrogens with one attached hydrogen (secondary N) is 1. The van der Waals surface area contributed by atoms with Crippen LogP contribution in [0.5, 0.6) is 5.75 Å². The van der Waals surface area contributed by atoms with Gasteiger partial charge < -0.3 is 20.1 Å². The number of aliphatic hydroxyl groups is 1. The molecule has 2 rings (SSSR count). The van der Waals surface area contributed by atoms with E-state index >= 15 is 0 Å². The summed E-state index contributed by atoms with van der Waals surface area (Å²) >= 11 is 0. The second kappa shape index (κ2) is 5.86. The molecule has 1 aliphatic heterocycles. The number of hydrogen-bond donors (Lipinski definition) is 2. The number of piperidine rings is 1. The minimum atomic E-state index is 0.274. The Morgan fingerprint density at radius 2 is 2.17 bits per heavy atom. The average Bonchev–Trinajstić information content (AvgIpc) is 2.46. The van der Waals surface area contributed by atoms with Gasteiger partial charge in [-0.2, -0.15) is 0 Å². The monoisotopic (exact) mass is 252 g/mol. The summed E-state index contributed by atoms with van der Waals surface area (Å²) in [6, 6.07) is 0. The third-order valence-corrected chi connectivity index (χ3v) is 3.40. The van der Waals surface area contributed by atoms with Crippen LogP contribution in [0.15, 0.2) is 6.33 Å². The molecule has 6 heteroatoms. The first-order chi connectivity index (χ1) is 8.80. The lowest BCUT2D eigenvalue weighted by Gasteiger charge is -2.32. The molecule has 1 saturated heterocycles. The molecule has 0 radical (unpaired) electrons. The maximum Gasteiger partial charge on any atom is 0.204 e. The van der Waals surface area contributed by atoms with Crippen LogP contribution in [0, 0.1) is 5.92 Å². The zero-order chi connectivity index (χ0) is 13.0. The van der Waals surface area contributed by atoms with Crippen molar-refractivity contribution in [3.63, 3.8) is 0 Å². The summed E-state index contributed by atoms with van der Waals surface area (Å²) in [5.74, 6) is 2.63. The van der Waals surface area contributed by atoms with Gasteiger partial charge in [-0.1, -0.05) is 0 Å². The highest BCUT2D eigenvalue weighted by Crippen LogP contribution is 2.33. The number of aromatic nitrogens is 2. The highest BCUT2D eigenvalue weighted by molar-refractivity contribution is 5.64. The fourth-order valence-corrected chi connectivity index (χ4v) is 2.28. The Labute approximate surface area is 107 Å². The van der Waals surface area contributed by atoms with Gasteiger partial charge in [-0.15, -0.1) is 0 Å². The summed E-state index contributed by atoms with van der Waals surface area (Å²) in [7, 11) is 3.44. The van der Waals surface area contributed by atoms with E-state index in [0.29, 0.717) is 17.5 Å². The Morgan fingerprint density at radius 3 is 2.72 bits per heavy atom. The first kappa shape index (κ1) is 12.9. The summed E-state index contributed by atoms with van der Waals surface area (Å²) in [5.41, 5.74) is 0. The van der Waals surface area contributed by atoms with E-state index in [1.54, 1.807) is 13.4 Å². The van der Waals surface area contributed by atoms with Crippen molar-refractivity contribution in [2.24, 2.45) is 5.92 Å². The van der Waals surface area contributed by atoms with Gasteiger partial charge >= 0.3 is 0 Å². The normalized spacial score (nSPS) is 16.7. The number of anilines is 2. The number of rotatable bonds is 4. The third kappa shape index (κ3) is 2.48. The minimum absolute atomic E-state index is 0.274. The van der Waals surface area contributed by atoms with E-state index in [1.165, 1.54) is 0 Å². The van der Waals surface area contributed by atoms with E-state index in [2.05, 4.69) is 20.2 Å². The van der Waals surface area contributed by atoms with Crippen molar-refractivity contribution in [2.45, 2.75) is 12.8 Å². The van der Waals surface area contributed by atoms with Gasteiger partial charge in [-0.3, -0.25) is 0 Å². The molecule has 100 valence electrons. The predicted octanol–water partition coefficient (Wildman–Crippen LogP) is 0.736. The molecule has 2 heterocycles. The van der Waals surface area contributed by atoms with Crippen LogP contribution in [0.3, 0.4) is 0 Å². The highest BCUT2D eigenvalue weighted by Gasteiger charge is 2.23. The van der Waals surface area contributed by atoms with Gasteiger partial charge in [0.15, 0.2) is 11.6 Å². The Bertz CT molecular complexity index is 392. The molecule has 0 saturated carbocycles. The Balaban J connectivity index is 2.18. The minimum Gasteiger partial charge on any atom is -0.490 e. The van der Waals surface area contributed by atoms with Crippen molar-refractivity contribution in [1.82, 2.24) is 9.97 Å². The summed E-state index contributed by atoms with van der Waals surface area (Å²) in [4.78, 5) is 10.6. The topological polar surface area (TPSA) is 70.5 Å². The molecular formula is C12H20N4O2. The van der Waals surface area contributed by atoms with Crippen LogP contribution >= 0.6 is 0 Å². The Hall–Kier alpha value is -1.56. The van der Waals surface area contributed by atoms with Crippen LogP contribution in [-0.2, 0) is 0 Å². The van der Waals surface area contributed by atoms with E-state index in [1.807, 2.05) is 7.05 Å². The molecule has 0 bridgehead atoms. The molecule has 0 spiro atoms. The molecule has 1 aromatic heterocycles. The second-order valence-corrected chi connectivity index (χ2v) is 4.44. The number of nitrogens with zero attached hydrogens (tertiary/aromatic N) is 3. The maximum absolute atomic E-state index is 9.15. The molecule has 0 aliphatic carbocycles. The van der Waals surface area contributed by atoms with E-state index in [0.717, 1.165) is 31.7 Å². The van der Waals surface area contributed by atoms with Crippen molar-refractivity contribution >= 4 is 11.6 Å². The van der Waals surface area contributed by atoms with Gasteiger partial charge in [0.05, 0.1) is 7.11 Å². The largest absolute Gasteiger partial charge is 0.490 e. The van der Waals surface area contributed by atoms with Crippen molar-refractivity contribution in [3.05, 3.63) is 6.33 Å². The Morgan fingerprint density at radius 1 is 1.44 bits per heavy atom. The van der Waals surface area contributed by atoms with E-state index in [4.69, 9.17) is 9.84 Å². The second-order valence-electron chi connectivity index (χ2n) is 4.44. The standard InChI is InChI=1S/C12H20N4O2/c1-13-11-10(18-2)12(15-8-14-11)16-5-3-9(7-17)4-6-16/h8-9,17H,3-7H2,1-2H3,(H,13,14,15). The van der Waals surface area contributed by atoms with E-state index < -0.39 is 0 Å². The molecule has 0 amide bonds. The summed E-state index contributed by atoms with van der Waals surface area (Å²) in [6.45, 7) is 2.06. The Kier molecular flexibility index (Phi) is 4.19. The van der Waals surface area contributed by atoms with Crippen LogP contribution in [0.25, 0.3) is 0 Å². The fraction of sp³-hybridized carbons (Fsp3) is 0.667. The molecule has 0 unspecified atom stereocenters. The van der Waals surface area contributed by atoms with Crippen molar-refractivity contribution in [1.29, 1.82) is 0 Å². The van der Waals surface area contributed by atoms with Gasteiger partial charge in [-0.05, 0) is 18.8 Å². The van der Waals surface area contributed by atoms with E-state index in [9.17, 15) is 0 Å². The lowest BCUT2D eigenvalue weighted by molar-refractivity contribution is 0.202. The van der Waals surface area contributed by atoms with Crippen LogP contribution in [-0.4, -0.2) is 48.9 Å². The zero-order valence-electron chi connectivity index (χ0n) is 10.9. The van der Waals surface area contributed by atoms with Crippen molar-refractivity contribution in [3.8, 4) is 5.75 Å². The first-order valence-corrected chi connectivity index (χ1v) is 6.22. The van der Waals surface area contributed by atoms with Crippen LogP contribution < -0.4 is 15.0 Å². The van der Waals surface area contributed by atoms with Crippen LogP contribution in [0.1, 0.15) is 12.8 Å². The molecule has 18 heavy (non-hydrogen) atoms. The van der Waals surface area contributed by atoms with Gasteiger partial charge in [0, 0.05) is 26.7 Å². The van der Waals surface area contributed by atoms with E-state index in [-0.39, 0.29) is 6.61 Å². The molecule has 0 atom stereocenters. The molecule has 2 N–H and O–H groups in total. The predicted molar refractivity (Wildman–Crippen MR) is 70.2 cm³/mol. The molecule has 1 aliphatic rings. The zero-order valence-corrected chi connectivity index (χ0v) is 10.9. The molecule has 0 aromatic carbocycles. The first-order valence-electron chi connectivity index (χ1n) is 6.22. The highest BCUT2D eigenvalue weighted by atomic mass is 16.5. The summed E-state index contributed by atoms with van der Waals surface area (Å²) in [5, 5.41) is 12.2. The summed E-state index contributed by atoms with van der Waals surface area (Å²) in [6.07, 6.45) is 3.51. The maximum atomic E-state index is 9.15. The fourth-order valence-electron chi connectivity index (χ4n) is 2.28. The third-order valence-electron chi connectivity index (χ3n) is 3.40. The molecular weight excluding hydrogens is 232 g/mol. The van der Waals surface area contributed by atoms with Crippen molar-refractivity contribution in [2.75, 3.05) is 44.1 Å². The smallest absolute Gasteiger partial charge is 0.204 e. The summed E-state index contributed by atoms with van der Waals surface area (Å²) < 4.78 is 5.40. The number of aliphatic hydroxyl groups excluding tert-OH is 1. The van der Waals surface area contributed by atoms with Crippen molar-refractivity contribution < 1.29 is 9.84 Å². The van der Waals surface area contributed by atoms with Crippen LogP contribution in [0.2, 0.25) is 0 Å². The van der Waals surface area contributed by atoms with Gasteiger partial charge in [-0.25, -0.2) is 9.97 Å². The number of methoxy groups -OCH3 is 1. The molecule has 1 fully saturated rings. The SMILES string of the molecule is CNc1ncnc(N2CCC(CO)CC2)c1OC. The molecule has 6 nitrogen and oxygen atoms in total. The lowest BCUT2D eigenvalue weighted by Crippen LogP contribution is -2.35. The average molecular weight is 252 g/mol.